The maximum Gasteiger partial charge on any atom is 0.266 e. The van der Waals surface area contributed by atoms with Crippen LogP contribution in [-0.2, 0) is 11.3 Å². The van der Waals surface area contributed by atoms with Gasteiger partial charge in [-0.25, -0.2) is 9.67 Å². The molecule has 1 N–H and O–H groups in total. The van der Waals surface area contributed by atoms with Crippen molar-refractivity contribution in [2.75, 3.05) is 13.2 Å². The van der Waals surface area contributed by atoms with E-state index in [1.807, 2.05) is 56.5 Å². The molecule has 9 heteroatoms. The first-order valence-corrected chi connectivity index (χ1v) is 12.2. The van der Waals surface area contributed by atoms with E-state index in [9.17, 15) is 9.59 Å². The zero-order chi connectivity index (χ0) is 23.4. The third-order valence-electron chi connectivity index (χ3n) is 4.84. The molecule has 33 heavy (non-hydrogen) atoms. The summed E-state index contributed by atoms with van der Waals surface area (Å²) in [6.45, 7) is 6.35. The lowest BCUT2D eigenvalue weighted by Crippen LogP contribution is -2.34. The molecule has 0 atom stereocenters. The molecule has 0 radical (unpaired) electrons. The molecular formula is C24H24N4O3S2. The highest BCUT2D eigenvalue weighted by atomic mass is 32.1. The zero-order valence-corrected chi connectivity index (χ0v) is 20.3. The summed E-state index contributed by atoms with van der Waals surface area (Å²) in [5, 5.41) is 10.2. The van der Waals surface area contributed by atoms with Crippen molar-refractivity contribution < 1.29 is 9.53 Å². The van der Waals surface area contributed by atoms with E-state index in [1.54, 1.807) is 28.7 Å². The number of carbonyl (C=O) groups excluding carboxylic acids is 1. The Labute approximate surface area is 199 Å². The van der Waals surface area contributed by atoms with Crippen LogP contribution < -0.4 is 15.6 Å². The Morgan fingerprint density at radius 1 is 1.12 bits per heavy atom. The number of carbonyl (C=O) groups is 1. The maximum absolute atomic E-state index is 12.3. The summed E-state index contributed by atoms with van der Waals surface area (Å²) in [6.07, 6.45) is 0. The molecule has 0 saturated carbocycles. The number of hydrogen-bond acceptors (Lipinski definition) is 7. The molecule has 0 unspecified atom stereocenters. The summed E-state index contributed by atoms with van der Waals surface area (Å²) >= 11 is 3.19. The normalized spacial score (nSPS) is 10.9. The monoisotopic (exact) mass is 480 g/mol. The first-order chi connectivity index (χ1) is 15.9. The van der Waals surface area contributed by atoms with Gasteiger partial charge in [0.2, 0.25) is 0 Å². The molecule has 0 aliphatic carbocycles. The minimum Gasteiger partial charge on any atom is -0.484 e. The van der Waals surface area contributed by atoms with Gasteiger partial charge in [-0.15, -0.1) is 22.7 Å². The molecule has 0 aliphatic rings. The zero-order valence-electron chi connectivity index (χ0n) is 18.6. The molecule has 1 amide bonds. The number of thiazole rings is 1. The summed E-state index contributed by atoms with van der Waals surface area (Å²) in [4.78, 5) is 31.1. The predicted molar refractivity (Wildman–Crippen MR) is 132 cm³/mol. The quantitative estimate of drug-likeness (QED) is 0.408. The van der Waals surface area contributed by atoms with Crippen LogP contribution in [0.4, 0.5) is 0 Å². The van der Waals surface area contributed by atoms with Gasteiger partial charge in [-0.1, -0.05) is 12.1 Å². The van der Waals surface area contributed by atoms with Gasteiger partial charge in [0.25, 0.3) is 11.5 Å². The Morgan fingerprint density at radius 3 is 2.64 bits per heavy atom. The SMILES string of the molecule is Cc1cc(C)cc(OCC(=O)NCCn2nc(-c3sc(-c4cccs4)nc3C)ccc2=O)c1. The van der Waals surface area contributed by atoms with Gasteiger partial charge in [0.05, 0.1) is 22.0 Å². The van der Waals surface area contributed by atoms with E-state index < -0.39 is 0 Å². The van der Waals surface area contributed by atoms with Crippen LogP contribution in [0.1, 0.15) is 16.8 Å². The lowest BCUT2D eigenvalue weighted by atomic mass is 10.1. The lowest BCUT2D eigenvalue weighted by Gasteiger charge is -2.10. The number of aromatic nitrogens is 3. The van der Waals surface area contributed by atoms with Crippen LogP contribution in [0.15, 0.2) is 52.6 Å². The molecule has 0 fully saturated rings. The average molecular weight is 481 g/mol. The topological polar surface area (TPSA) is 86.1 Å². The van der Waals surface area contributed by atoms with E-state index in [4.69, 9.17) is 4.74 Å². The van der Waals surface area contributed by atoms with Crippen LogP contribution in [0, 0.1) is 20.8 Å². The number of amides is 1. The minimum atomic E-state index is -0.253. The van der Waals surface area contributed by atoms with Crippen LogP contribution in [0.25, 0.3) is 20.5 Å². The average Bonchev–Trinajstić information content (AvgIpc) is 3.43. The molecule has 0 aliphatic heterocycles. The van der Waals surface area contributed by atoms with Crippen LogP contribution in [0.3, 0.4) is 0 Å². The molecule has 1 aromatic carbocycles. The van der Waals surface area contributed by atoms with Crippen molar-refractivity contribution in [2.24, 2.45) is 0 Å². The third-order valence-corrected chi connectivity index (χ3v) is 7.06. The van der Waals surface area contributed by atoms with Crippen molar-refractivity contribution in [1.82, 2.24) is 20.1 Å². The van der Waals surface area contributed by atoms with E-state index in [-0.39, 0.29) is 31.2 Å². The van der Waals surface area contributed by atoms with Crippen LogP contribution >= 0.6 is 22.7 Å². The van der Waals surface area contributed by atoms with E-state index >= 15 is 0 Å². The second-order valence-corrected chi connectivity index (χ2v) is 9.60. The smallest absolute Gasteiger partial charge is 0.266 e. The Bertz CT molecular complexity index is 1310. The Morgan fingerprint density at radius 2 is 1.91 bits per heavy atom. The van der Waals surface area contributed by atoms with Crippen LogP contribution in [-0.4, -0.2) is 33.8 Å². The molecule has 4 rings (SSSR count). The number of hydrogen-bond donors (Lipinski definition) is 1. The second-order valence-electron chi connectivity index (χ2n) is 7.65. The minimum absolute atomic E-state index is 0.0865. The van der Waals surface area contributed by atoms with Gasteiger partial charge in [0, 0.05) is 12.6 Å². The van der Waals surface area contributed by atoms with Gasteiger partial charge >= 0.3 is 0 Å². The summed E-state index contributed by atoms with van der Waals surface area (Å²) in [5.41, 5.74) is 3.50. The van der Waals surface area contributed by atoms with E-state index in [0.29, 0.717) is 11.4 Å². The number of aryl methyl sites for hydroxylation is 3. The number of nitrogens with one attached hydrogen (secondary N) is 1. The summed E-state index contributed by atoms with van der Waals surface area (Å²) < 4.78 is 6.94. The predicted octanol–water partition coefficient (Wildman–Crippen LogP) is 4.22. The molecule has 3 aromatic heterocycles. The molecule has 0 spiro atoms. The Balaban J connectivity index is 1.37. The summed E-state index contributed by atoms with van der Waals surface area (Å²) in [5.74, 6) is 0.410. The van der Waals surface area contributed by atoms with E-state index in [0.717, 1.165) is 31.6 Å². The van der Waals surface area contributed by atoms with E-state index in [2.05, 4.69) is 15.4 Å². The van der Waals surface area contributed by atoms with Gasteiger partial charge < -0.3 is 10.1 Å². The van der Waals surface area contributed by atoms with Crippen molar-refractivity contribution in [1.29, 1.82) is 0 Å². The van der Waals surface area contributed by atoms with Crippen molar-refractivity contribution in [3.63, 3.8) is 0 Å². The highest BCUT2D eigenvalue weighted by Crippen LogP contribution is 2.35. The van der Waals surface area contributed by atoms with Crippen molar-refractivity contribution in [3.05, 3.63) is 75.0 Å². The number of thiophene rings is 1. The van der Waals surface area contributed by atoms with Gasteiger partial charge in [0.1, 0.15) is 16.5 Å². The molecular weight excluding hydrogens is 456 g/mol. The Hall–Kier alpha value is -3.30. The second kappa shape index (κ2) is 10.1. The largest absolute Gasteiger partial charge is 0.484 e. The number of rotatable bonds is 8. The molecule has 4 aromatic rings. The fraction of sp³-hybridized carbons (Fsp3) is 0.250. The summed E-state index contributed by atoms with van der Waals surface area (Å²) in [7, 11) is 0. The fourth-order valence-corrected chi connectivity index (χ4v) is 5.22. The molecule has 170 valence electrons. The van der Waals surface area contributed by atoms with Crippen LogP contribution in [0.2, 0.25) is 0 Å². The van der Waals surface area contributed by atoms with Crippen molar-refractivity contribution in [3.8, 4) is 26.2 Å². The van der Waals surface area contributed by atoms with Crippen LogP contribution in [0.5, 0.6) is 5.75 Å². The number of ether oxygens (including phenoxy) is 1. The molecule has 7 nitrogen and oxygen atoms in total. The fourth-order valence-electron chi connectivity index (χ4n) is 3.39. The standard InChI is InChI=1S/C24H24N4O3S2/c1-15-11-16(2)13-18(12-15)31-14-21(29)25-8-9-28-22(30)7-6-19(27-28)23-17(3)26-24(33-23)20-5-4-10-32-20/h4-7,10-13H,8-9,14H2,1-3H3,(H,25,29). The summed E-state index contributed by atoms with van der Waals surface area (Å²) in [6, 6.07) is 13.1. The first-order valence-electron chi connectivity index (χ1n) is 10.5. The van der Waals surface area contributed by atoms with Crippen molar-refractivity contribution >= 4 is 28.6 Å². The third kappa shape index (κ3) is 5.74. The number of benzene rings is 1. The van der Waals surface area contributed by atoms with E-state index in [1.165, 1.54) is 10.7 Å². The highest BCUT2D eigenvalue weighted by Gasteiger charge is 2.14. The van der Waals surface area contributed by atoms with Gasteiger partial charge in [-0.05, 0) is 61.5 Å². The van der Waals surface area contributed by atoms with Gasteiger partial charge in [0.15, 0.2) is 6.61 Å². The lowest BCUT2D eigenvalue weighted by molar-refractivity contribution is -0.123. The van der Waals surface area contributed by atoms with Gasteiger partial charge in [-0.3, -0.25) is 9.59 Å². The molecule has 0 bridgehead atoms. The molecule has 0 saturated heterocycles. The Kier molecular flexibility index (Phi) is 7.00. The van der Waals surface area contributed by atoms with Crippen molar-refractivity contribution in [2.45, 2.75) is 27.3 Å². The van der Waals surface area contributed by atoms with Gasteiger partial charge in [-0.2, -0.15) is 5.10 Å². The molecule has 3 heterocycles. The maximum atomic E-state index is 12.3. The first kappa shape index (κ1) is 22.9. The number of nitrogens with zero attached hydrogens (tertiary/aromatic N) is 3. The highest BCUT2D eigenvalue weighted by molar-refractivity contribution is 7.23.